The van der Waals surface area contributed by atoms with E-state index in [4.69, 9.17) is 0 Å². The highest BCUT2D eigenvalue weighted by atomic mass is 32.2. The molecule has 0 aliphatic heterocycles. The number of pyridine rings is 1. The molecule has 1 N–H and O–H groups in total. The van der Waals surface area contributed by atoms with E-state index < -0.39 is 10.0 Å². The smallest absolute Gasteiger partial charge is 0.263 e. The Kier molecular flexibility index (Phi) is 5.60. The summed E-state index contributed by atoms with van der Waals surface area (Å²) in [5, 5.41) is 0. The van der Waals surface area contributed by atoms with E-state index in [0.717, 1.165) is 30.8 Å². The standard InChI is InChI=1S/C17H23N3O2S/c1-4-14-7-10-16(11-8-14)23(21,22)19-17-12-9-15(13-18-17)20(5-2)6-3/h7-13H,4-6H2,1-3H3,(H,18,19). The van der Waals surface area contributed by atoms with Crippen molar-refractivity contribution in [2.24, 2.45) is 0 Å². The Morgan fingerprint density at radius 1 is 1.00 bits per heavy atom. The van der Waals surface area contributed by atoms with Gasteiger partial charge in [-0.3, -0.25) is 4.72 Å². The van der Waals surface area contributed by atoms with E-state index in [9.17, 15) is 8.42 Å². The molecule has 1 aromatic heterocycles. The molecule has 0 amide bonds. The fourth-order valence-corrected chi connectivity index (χ4v) is 3.33. The third-order valence-electron chi connectivity index (χ3n) is 3.76. The van der Waals surface area contributed by atoms with Gasteiger partial charge >= 0.3 is 0 Å². The lowest BCUT2D eigenvalue weighted by atomic mass is 10.2. The SMILES string of the molecule is CCc1ccc(S(=O)(=O)Nc2ccc(N(CC)CC)cn2)cc1. The van der Waals surface area contributed by atoms with Crippen LogP contribution in [-0.4, -0.2) is 26.5 Å². The van der Waals surface area contributed by atoms with Gasteiger partial charge in [0, 0.05) is 13.1 Å². The fourth-order valence-electron chi connectivity index (χ4n) is 2.32. The molecular formula is C17H23N3O2S. The number of anilines is 2. The van der Waals surface area contributed by atoms with Crippen LogP contribution in [-0.2, 0) is 16.4 Å². The van der Waals surface area contributed by atoms with E-state index in [2.05, 4.69) is 28.5 Å². The molecule has 0 spiro atoms. The van der Waals surface area contributed by atoms with E-state index in [1.54, 1.807) is 24.4 Å². The molecule has 23 heavy (non-hydrogen) atoms. The molecule has 0 atom stereocenters. The first-order chi connectivity index (χ1) is 11.0. The van der Waals surface area contributed by atoms with Crippen LogP contribution in [0, 0.1) is 0 Å². The highest BCUT2D eigenvalue weighted by molar-refractivity contribution is 7.92. The lowest BCUT2D eigenvalue weighted by Crippen LogP contribution is -2.22. The first kappa shape index (κ1) is 17.3. The van der Waals surface area contributed by atoms with Gasteiger partial charge < -0.3 is 4.90 Å². The molecule has 0 unspecified atom stereocenters. The predicted molar refractivity (Wildman–Crippen MR) is 94.4 cm³/mol. The lowest BCUT2D eigenvalue weighted by Gasteiger charge is -2.20. The number of aromatic nitrogens is 1. The average molecular weight is 333 g/mol. The Hall–Kier alpha value is -2.08. The largest absolute Gasteiger partial charge is 0.371 e. The van der Waals surface area contributed by atoms with Gasteiger partial charge in [-0.1, -0.05) is 19.1 Å². The number of nitrogens with zero attached hydrogens (tertiary/aromatic N) is 2. The van der Waals surface area contributed by atoms with Gasteiger partial charge in [0.1, 0.15) is 5.82 Å². The molecule has 0 aliphatic rings. The van der Waals surface area contributed by atoms with E-state index in [1.807, 2.05) is 25.1 Å². The zero-order valence-corrected chi connectivity index (χ0v) is 14.6. The molecule has 124 valence electrons. The summed E-state index contributed by atoms with van der Waals surface area (Å²) in [4.78, 5) is 6.60. The number of benzene rings is 1. The van der Waals surface area contributed by atoms with E-state index >= 15 is 0 Å². The Morgan fingerprint density at radius 3 is 2.13 bits per heavy atom. The third-order valence-corrected chi connectivity index (χ3v) is 5.13. The van der Waals surface area contributed by atoms with Crippen LogP contribution in [0.4, 0.5) is 11.5 Å². The molecule has 2 rings (SSSR count). The summed E-state index contributed by atoms with van der Waals surface area (Å²) < 4.78 is 27.3. The minimum Gasteiger partial charge on any atom is -0.371 e. The summed E-state index contributed by atoms with van der Waals surface area (Å²) >= 11 is 0. The van der Waals surface area contributed by atoms with Gasteiger partial charge in [0.05, 0.1) is 16.8 Å². The quantitative estimate of drug-likeness (QED) is 0.844. The number of hydrogen-bond donors (Lipinski definition) is 1. The zero-order chi connectivity index (χ0) is 16.9. The van der Waals surface area contributed by atoms with Gasteiger partial charge in [-0.25, -0.2) is 13.4 Å². The molecule has 0 aliphatic carbocycles. The number of aryl methyl sites for hydroxylation is 1. The van der Waals surface area contributed by atoms with E-state index in [1.165, 1.54) is 0 Å². The molecule has 0 bridgehead atoms. The topological polar surface area (TPSA) is 62.3 Å². The van der Waals surface area contributed by atoms with Crippen molar-refractivity contribution >= 4 is 21.5 Å². The Labute approximate surface area is 138 Å². The van der Waals surface area contributed by atoms with Gasteiger partial charge in [0.2, 0.25) is 0 Å². The van der Waals surface area contributed by atoms with Crippen LogP contribution in [0.5, 0.6) is 0 Å². The highest BCUT2D eigenvalue weighted by Gasteiger charge is 2.14. The molecule has 1 aromatic carbocycles. The minimum absolute atomic E-state index is 0.240. The Morgan fingerprint density at radius 2 is 1.65 bits per heavy atom. The normalized spacial score (nSPS) is 11.3. The minimum atomic E-state index is -3.61. The lowest BCUT2D eigenvalue weighted by molar-refractivity contribution is 0.601. The van der Waals surface area contributed by atoms with Crippen LogP contribution in [0.15, 0.2) is 47.5 Å². The predicted octanol–water partition coefficient (Wildman–Crippen LogP) is 3.29. The van der Waals surface area contributed by atoms with Crippen LogP contribution in [0.2, 0.25) is 0 Å². The van der Waals surface area contributed by atoms with Crippen LogP contribution >= 0.6 is 0 Å². The van der Waals surface area contributed by atoms with Crippen molar-refractivity contribution in [3.8, 4) is 0 Å². The Balaban J connectivity index is 2.16. The molecule has 5 nitrogen and oxygen atoms in total. The number of hydrogen-bond acceptors (Lipinski definition) is 4. The molecule has 2 aromatic rings. The van der Waals surface area contributed by atoms with Crippen LogP contribution in [0.1, 0.15) is 26.3 Å². The van der Waals surface area contributed by atoms with Crippen molar-refractivity contribution in [2.75, 3.05) is 22.7 Å². The number of sulfonamides is 1. The van der Waals surface area contributed by atoms with Crippen molar-refractivity contribution in [3.05, 3.63) is 48.2 Å². The summed E-state index contributed by atoms with van der Waals surface area (Å²) in [6, 6.07) is 10.4. The summed E-state index contributed by atoms with van der Waals surface area (Å²) in [6.07, 6.45) is 2.56. The molecule has 0 fully saturated rings. The van der Waals surface area contributed by atoms with Gasteiger partial charge in [0.15, 0.2) is 0 Å². The van der Waals surface area contributed by atoms with Crippen molar-refractivity contribution < 1.29 is 8.42 Å². The van der Waals surface area contributed by atoms with Crippen LogP contribution in [0.3, 0.4) is 0 Å². The van der Waals surface area contributed by atoms with Gasteiger partial charge in [-0.2, -0.15) is 0 Å². The molecule has 0 saturated carbocycles. The first-order valence-corrected chi connectivity index (χ1v) is 9.31. The molecule has 0 radical (unpaired) electrons. The second kappa shape index (κ2) is 7.46. The second-order valence-corrected chi connectivity index (χ2v) is 6.86. The van der Waals surface area contributed by atoms with E-state index in [0.29, 0.717) is 5.82 Å². The highest BCUT2D eigenvalue weighted by Crippen LogP contribution is 2.18. The Bertz CT molecular complexity index is 721. The maximum atomic E-state index is 12.4. The summed E-state index contributed by atoms with van der Waals surface area (Å²) in [5.41, 5.74) is 2.08. The summed E-state index contributed by atoms with van der Waals surface area (Å²) in [5.74, 6) is 0.320. The van der Waals surface area contributed by atoms with Gasteiger partial charge in [0.25, 0.3) is 10.0 Å². The molecule has 1 heterocycles. The zero-order valence-electron chi connectivity index (χ0n) is 13.8. The van der Waals surface area contributed by atoms with Crippen molar-refractivity contribution in [2.45, 2.75) is 32.1 Å². The number of nitrogens with one attached hydrogen (secondary N) is 1. The summed E-state index contributed by atoms with van der Waals surface area (Å²) in [7, 11) is -3.61. The maximum absolute atomic E-state index is 12.4. The molecule has 6 heteroatoms. The molecule has 0 saturated heterocycles. The van der Waals surface area contributed by atoms with Crippen LogP contribution < -0.4 is 9.62 Å². The van der Waals surface area contributed by atoms with Gasteiger partial charge in [-0.05, 0) is 50.1 Å². The number of rotatable bonds is 7. The van der Waals surface area contributed by atoms with Crippen molar-refractivity contribution in [1.29, 1.82) is 0 Å². The summed E-state index contributed by atoms with van der Waals surface area (Å²) in [6.45, 7) is 7.93. The second-order valence-electron chi connectivity index (χ2n) is 5.18. The average Bonchev–Trinajstić information content (AvgIpc) is 2.57. The monoisotopic (exact) mass is 333 g/mol. The van der Waals surface area contributed by atoms with Crippen LogP contribution in [0.25, 0.3) is 0 Å². The van der Waals surface area contributed by atoms with Crippen molar-refractivity contribution in [3.63, 3.8) is 0 Å². The fraction of sp³-hybridized carbons (Fsp3) is 0.353. The van der Waals surface area contributed by atoms with Gasteiger partial charge in [-0.15, -0.1) is 0 Å². The first-order valence-electron chi connectivity index (χ1n) is 7.83. The van der Waals surface area contributed by atoms with Crippen molar-refractivity contribution in [1.82, 2.24) is 4.98 Å². The van der Waals surface area contributed by atoms with E-state index in [-0.39, 0.29) is 4.90 Å². The molecular weight excluding hydrogens is 310 g/mol. The third kappa shape index (κ3) is 4.22. The maximum Gasteiger partial charge on any atom is 0.263 e.